The molecule has 0 bridgehead atoms. The highest BCUT2D eigenvalue weighted by molar-refractivity contribution is 6.16. The topological polar surface area (TPSA) is 20.3 Å². The van der Waals surface area contributed by atoms with Crippen LogP contribution in [0.4, 0.5) is 0 Å². The normalized spacial score (nSPS) is 17.2. The summed E-state index contributed by atoms with van der Waals surface area (Å²) in [4.78, 5) is 13.3. The average molecular weight is 261 g/mol. The molecule has 0 saturated heterocycles. The molecule has 98 valence electrons. The van der Waals surface area contributed by atoms with Gasteiger partial charge in [-0.05, 0) is 51.9 Å². The van der Waals surface area contributed by atoms with E-state index in [1.807, 2.05) is 42.6 Å². The van der Waals surface area contributed by atoms with Crippen molar-refractivity contribution in [1.29, 1.82) is 0 Å². The van der Waals surface area contributed by atoms with Crippen LogP contribution < -0.4 is 10.4 Å². The largest absolute Gasteiger partial charge is 0.357 e. The van der Waals surface area contributed by atoms with Gasteiger partial charge in [0.2, 0.25) is 0 Å². The molecule has 20 heavy (non-hydrogen) atoms. The van der Waals surface area contributed by atoms with Gasteiger partial charge in [0.05, 0.1) is 0 Å². The van der Waals surface area contributed by atoms with E-state index in [2.05, 4.69) is 30.4 Å². The molecule has 0 saturated carbocycles. The van der Waals surface area contributed by atoms with Crippen molar-refractivity contribution in [2.45, 2.75) is 0 Å². The van der Waals surface area contributed by atoms with E-state index in [4.69, 9.17) is 0 Å². The molecular formula is C18H15NO. The second-order valence-corrected chi connectivity index (χ2v) is 4.90. The van der Waals surface area contributed by atoms with E-state index >= 15 is 0 Å². The van der Waals surface area contributed by atoms with Gasteiger partial charge >= 0.3 is 0 Å². The third-order valence-corrected chi connectivity index (χ3v) is 3.31. The summed E-state index contributed by atoms with van der Waals surface area (Å²) in [5.41, 5.74) is 2.25. The predicted octanol–water partition coefficient (Wildman–Crippen LogP) is 1.74. The Morgan fingerprint density at radius 1 is 1.00 bits per heavy atom. The second kappa shape index (κ2) is 5.17. The number of benzene rings is 1. The Morgan fingerprint density at radius 2 is 1.80 bits per heavy atom. The number of carbonyl (C=O) groups is 1. The molecule has 0 spiro atoms. The van der Waals surface area contributed by atoms with Crippen LogP contribution in [0.1, 0.15) is 5.56 Å². The molecule has 1 aromatic carbocycles. The number of nitrogens with zero attached hydrogens (tertiary/aromatic N) is 1. The molecule has 0 unspecified atom stereocenters. The van der Waals surface area contributed by atoms with Crippen LogP contribution in [0.15, 0.2) is 60.5 Å². The predicted molar refractivity (Wildman–Crippen MR) is 82.8 cm³/mol. The summed E-state index contributed by atoms with van der Waals surface area (Å²) < 4.78 is 0. The van der Waals surface area contributed by atoms with Gasteiger partial charge in [-0.1, -0.05) is 30.4 Å². The summed E-state index contributed by atoms with van der Waals surface area (Å²) in [5, 5.41) is 2.12. The van der Waals surface area contributed by atoms with Crippen LogP contribution in [0.5, 0.6) is 0 Å². The number of carbonyl (C=O) groups excluding carboxylic acids is 1. The van der Waals surface area contributed by atoms with E-state index in [0.29, 0.717) is 0 Å². The molecule has 0 N–H and O–H groups in total. The standard InChI is InChI=1S/C18H15NO/c1-19-10-8-14(9-11-19)2-3-15-4-5-17-13-18(20)7-6-16(17)12-15/h2-13H,1H3/b15-3-. The van der Waals surface area contributed by atoms with Crippen molar-refractivity contribution < 1.29 is 4.79 Å². The van der Waals surface area contributed by atoms with Crippen LogP contribution in [0.2, 0.25) is 0 Å². The van der Waals surface area contributed by atoms with Gasteiger partial charge in [0, 0.05) is 19.4 Å². The van der Waals surface area contributed by atoms with Gasteiger partial charge in [-0.2, -0.15) is 0 Å². The fourth-order valence-electron chi connectivity index (χ4n) is 2.16. The Hall–Kier alpha value is -2.61. The fraction of sp³-hybridized carbons (Fsp3) is 0.0556. The van der Waals surface area contributed by atoms with Crippen molar-refractivity contribution in [1.82, 2.24) is 4.90 Å². The van der Waals surface area contributed by atoms with Crippen LogP contribution >= 0.6 is 0 Å². The van der Waals surface area contributed by atoms with Gasteiger partial charge in [-0.25, -0.2) is 0 Å². The molecule has 1 heterocycles. The smallest absolute Gasteiger partial charge is 0.179 e. The highest BCUT2D eigenvalue weighted by atomic mass is 16.1. The molecule has 2 heteroatoms. The summed E-state index contributed by atoms with van der Waals surface area (Å²) in [6.07, 6.45) is 17.5. The number of fused-ring (bicyclic) bond motifs is 1. The minimum Gasteiger partial charge on any atom is -0.357 e. The molecule has 2 aliphatic rings. The maximum absolute atomic E-state index is 11.3. The minimum absolute atomic E-state index is 0.0537. The summed E-state index contributed by atoms with van der Waals surface area (Å²) in [6.45, 7) is 0. The maximum atomic E-state index is 11.3. The first-order chi connectivity index (χ1) is 9.70. The molecule has 0 radical (unpaired) electrons. The van der Waals surface area contributed by atoms with E-state index in [0.717, 1.165) is 21.6 Å². The molecule has 1 aromatic rings. The minimum atomic E-state index is 0.0537. The Kier molecular flexibility index (Phi) is 3.21. The molecule has 1 aliphatic heterocycles. The molecule has 1 aliphatic carbocycles. The first-order valence-corrected chi connectivity index (χ1v) is 6.55. The lowest BCUT2D eigenvalue weighted by molar-refractivity contribution is -0.109. The van der Waals surface area contributed by atoms with E-state index in [9.17, 15) is 4.79 Å². The van der Waals surface area contributed by atoms with Crippen molar-refractivity contribution in [2.75, 3.05) is 7.05 Å². The van der Waals surface area contributed by atoms with Crippen LogP contribution in [-0.4, -0.2) is 17.7 Å². The molecule has 3 rings (SSSR count). The van der Waals surface area contributed by atoms with Crippen molar-refractivity contribution in [2.24, 2.45) is 0 Å². The Morgan fingerprint density at radius 3 is 2.60 bits per heavy atom. The fourth-order valence-corrected chi connectivity index (χ4v) is 2.16. The Balaban J connectivity index is 1.95. The molecule has 2 nitrogen and oxygen atoms in total. The number of hydrogen-bond donors (Lipinski definition) is 0. The van der Waals surface area contributed by atoms with Gasteiger partial charge in [0.25, 0.3) is 0 Å². The first kappa shape index (κ1) is 12.4. The lowest BCUT2D eigenvalue weighted by Crippen LogP contribution is -2.16. The number of hydrogen-bond acceptors (Lipinski definition) is 2. The Bertz CT molecular complexity index is 775. The van der Waals surface area contributed by atoms with Gasteiger partial charge in [-0.3, -0.25) is 4.79 Å². The van der Waals surface area contributed by atoms with E-state index in [1.165, 1.54) is 0 Å². The molecule has 0 fully saturated rings. The second-order valence-electron chi connectivity index (χ2n) is 4.90. The lowest BCUT2D eigenvalue weighted by Gasteiger charge is -2.11. The van der Waals surface area contributed by atoms with Crippen LogP contribution in [0.25, 0.3) is 18.2 Å². The van der Waals surface area contributed by atoms with E-state index in [1.54, 1.807) is 12.2 Å². The van der Waals surface area contributed by atoms with E-state index in [-0.39, 0.29) is 5.78 Å². The monoisotopic (exact) mass is 261 g/mol. The van der Waals surface area contributed by atoms with Crippen molar-refractivity contribution in [3.05, 3.63) is 76.5 Å². The average Bonchev–Trinajstić information content (AvgIpc) is 2.46. The summed E-state index contributed by atoms with van der Waals surface area (Å²) in [7, 11) is 2.00. The van der Waals surface area contributed by atoms with Crippen LogP contribution in [-0.2, 0) is 4.79 Å². The SMILES string of the molecule is CN1C=CC(=C/C=c2/ccc3c(c2)C=CC(=O)C=3)C=C1. The van der Waals surface area contributed by atoms with E-state index < -0.39 is 0 Å². The number of rotatable bonds is 1. The number of allylic oxidation sites excluding steroid dienone is 5. The third-order valence-electron chi connectivity index (χ3n) is 3.31. The maximum Gasteiger partial charge on any atom is 0.179 e. The third kappa shape index (κ3) is 2.69. The zero-order valence-corrected chi connectivity index (χ0v) is 11.3. The molecule has 0 aromatic heterocycles. The molecular weight excluding hydrogens is 246 g/mol. The van der Waals surface area contributed by atoms with Crippen LogP contribution in [0, 0.1) is 0 Å². The van der Waals surface area contributed by atoms with Gasteiger partial charge < -0.3 is 4.90 Å². The van der Waals surface area contributed by atoms with Crippen LogP contribution in [0.3, 0.4) is 0 Å². The summed E-state index contributed by atoms with van der Waals surface area (Å²) >= 11 is 0. The summed E-state index contributed by atoms with van der Waals surface area (Å²) in [5.74, 6) is 0.0537. The van der Waals surface area contributed by atoms with Crippen molar-refractivity contribution in [3.63, 3.8) is 0 Å². The quantitative estimate of drug-likeness (QED) is 0.767. The zero-order chi connectivity index (χ0) is 13.9. The zero-order valence-electron chi connectivity index (χ0n) is 11.3. The first-order valence-electron chi connectivity index (χ1n) is 6.55. The van der Waals surface area contributed by atoms with Gasteiger partial charge in [0.1, 0.15) is 0 Å². The molecule has 0 atom stereocenters. The lowest BCUT2D eigenvalue weighted by atomic mass is 10.0. The van der Waals surface area contributed by atoms with Gasteiger partial charge in [0.15, 0.2) is 5.78 Å². The highest BCUT2D eigenvalue weighted by Crippen LogP contribution is 2.07. The van der Waals surface area contributed by atoms with Crippen molar-refractivity contribution >= 4 is 24.0 Å². The molecule has 0 amide bonds. The number of ketones is 1. The Labute approximate surface area is 118 Å². The van der Waals surface area contributed by atoms with Gasteiger partial charge in [-0.15, -0.1) is 0 Å². The summed E-state index contributed by atoms with van der Waals surface area (Å²) in [6, 6.07) is 6.11. The highest BCUT2D eigenvalue weighted by Gasteiger charge is 2.00. The van der Waals surface area contributed by atoms with Crippen molar-refractivity contribution in [3.8, 4) is 0 Å².